The summed E-state index contributed by atoms with van der Waals surface area (Å²) in [5.74, 6) is -3.10. The van der Waals surface area contributed by atoms with E-state index in [2.05, 4.69) is 15.9 Å². The molecule has 38 heavy (non-hydrogen) atoms. The lowest BCUT2D eigenvalue weighted by Crippen LogP contribution is -2.39. The van der Waals surface area contributed by atoms with Crippen molar-refractivity contribution in [2.75, 3.05) is 12.0 Å². The zero-order chi connectivity index (χ0) is 26.9. The Labute approximate surface area is 240 Å². The van der Waals surface area contributed by atoms with Crippen molar-refractivity contribution >= 4 is 67.6 Å². The molecule has 1 N–H and O–H groups in total. The van der Waals surface area contributed by atoms with E-state index in [1.165, 1.54) is 18.1 Å². The van der Waals surface area contributed by atoms with E-state index in [0.29, 0.717) is 32.4 Å². The van der Waals surface area contributed by atoms with Gasteiger partial charge in [0.05, 0.1) is 32.7 Å². The van der Waals surface area contributed by atoms with Crippen LogP contribution in [0.25, 0.3) is 0 Å². The van der Waals surface area contributed by atoms with Gasteiger partial charge in [0.2, 0.25) is 11.8 Å². The highest BCUT2D eigenvalue weighted by Crippen LogP contribution is 2.56. The molecule has 192 valence electrons. The van der Waals surface area contributed by atoms with E-state index in [9.17, 15) is 24.3 Å². The third-order valence-electron chi connectivity index (χ3n) is 7.95. The molecule has 0 aromatic heterocycles. The smallest absolute Gasteiger partial charge is 0.238 e. The van der Waals surface area contributed by atoms with Gasteiger partial charge in [-0.3, -0.25) is 24.1 Å². The Morgan fingerprint density at radius 3 is 2.50 bits per heavy atom. The quantitative estimate of drug-likeness (QED) is 0.212. The molecular formula is C29H21BrINO6. The van der Waals surface area contributed by atoms with Crippen LogP contribution >= 0.6 is 38.5 Å². The van der Waals surface area contributed by atoms with Gasteiger partial charge in [-0.15, -0.1) is 0 Å². The highest BCUT2D eigenvalue weighted by molar-refractivity contribution is 14.1. The molecular weight excluding hydrogens is 665 g/mol. The van der Waals surface area contributed by atoms with Crippen LogP contribution < -0.4 is 9.64 Å². The first kappa shape index (κ1) is 25.2. The number of benzene rings is 2. The number of anilines is 1. The van der Waals surface area contributed by atoms with Crippen LogP contribution in [0.15, 0.2) is 75.8 Å². The summed E-state index contributed by atoms with van der Waals surface area (Å²) in [5, 5.41) is 10.5. The molecule has 4 unspecified atom stereocenters. The number of ether oxygens (including phenoxy) is 1. The third-order valence-corrected chi connectivity index (χ3v) is 9.36. The zero-order valence-corrected chi connectivity index (χ0v) is 23.9. The Morgan fingerprint density at radius 2 is 1.79 bits per heavy atom. The lowest BCUT2D eigenvalue weighted by atomic mass is 9.59. The molecule has 4 aliphatic rings. The summed E-state index contributed by atoms with van der Waals surface area (Å²) in [7, 11) is 1.45. The summed E-state index contributed by atoms with van der Waals surface area (Å²) in [5.41, 5.74) is 2.78. The number of imide groups is 1. The fraction of sp³-hybridized carbons (Fsp3) is 0.241. The Balaban J connectivity index is 1.52. The number of ketones is 2. The maximum Gasteiger partial charge on any atom is 0.238 e. The number of amides is 2. The average Bonchev–Trinajstić information content (AvgIpc) is 3.17. The van der Waals surface area contributed by atoms with Crippen LogP contribution in [0.5, 0.6) is 11.5 Å². The number of carbonyl (C=O) groups excluding carboxylic acids is 4. The molecule has 3 aliphatic carbocycles. The first-order valence-corrected chi connectivity index (χ1v) is 14.0. The second kappa shape index (κ2) is 9.30. The van der Waals surface area contributed by atoms with Crippen molar-refractivity contribution in [3.05, 3.63) is 85.0 Å². The number of hydrogen-bond acceptors (Lipinski definition) is 6. The third kappa shape index (κ3) is 3.65. The molecule has 0 radical (unpaired) electrons. The topological polar surface area (TPSA) is 101 Å². The molecule has 0 bridgehead atoms. The second-order valence-electron chi connectivity index (χ2n) is 9.79. The predicted molar refractivity (Wildman–Crippen MR) is 151 cm³/mol. The summed E-state index contributed by atoms with van der Waals surface area (Å²) in [4.78, 5) is 55.3. The number of allylic oxidation sites excluding steroid dienone is 6. The fourth-order valence-corrected chi connectivity index (χ4v) is 7.41. The fourth-order valence-electron chi connectivity index (χ4n) is 6.33. The number of methoxy groups -OCH3 is 1. The van der Waals surface area contributed by atoms with Gasteiger partial charge in [-0.05, 0) is 87.1 Å². The Bertz CT molecular complexity index is 1540. The van der Waals surface area contributed by atoms with Crippen LogP contribution in [0.1, 0.15) is 24.3 Å². The van der Waals surface area contributed by atoms with E-state index in [-0.39, 0.29) is 45.8 Å². The lowest BCUT2D eigenvalue weighted by Gasteiger charge is -2.42. The standard InChI is InChI=1S/C29H21BrINO6/c1-38-22-10-13(9-20(31)27(22)35)23-15-7-8-16-24(29(37)32(28(16)36)14-5-3-2-4-6-14)17(15)11-18-25(23)21(33)12-19(30)26(18)34/h2-7,9-10,12,16-17,23-24,35H,8,11H2,1H3. The zero-order valence-electron chi connectivity index (χ0n) is 20.1. The molecule has 1 fully saturated rings. The summed E-state index contributed by atoms with van der Waals surface area (Å²) < 4.78 is 6.10. The molecule has 2 aromatic rings. The molecule has 0 spiro atoms. The summed E-state index contributed by atoms with van der Waals surface area (Å²) >= 11 is 5.24. The molecule has 0 saturated carbocycles. The second-order valence-corrected chi connectivity index (χ2v) is 11.8. The van der Waals surface area contributed by atoms with Gasteiger partial charge >= 0.3 is 0 Å². The van der Waals surface area contributed by atoms with Crippen LogP contribution in [0.4, 0.5) is 5.69 Å². The molecule has 4 atom stereocenters. The van der Waals surface area contributed by atoms with E-state index in [1.807, 2.05) is 34.7 Å². The van der Waals surface area contributed by atoms with Crippen molar-refractivity contribution in [3.8, 4) is 11.5 Å². The van der Waals surface area contributed by atoms with Crippen molar-refractivity contribution in [1.82, 2.24) is 0 Å². The lowest BCUT2D eigenvalue weighted by molar-refractivity contribution is -0.123. The Kier molecular flexibility index (Phi) is 6.18. The average molecular weight is 686 g/mol. The number of rotatable bonds is 3. The maximum absolute atomic E-state index is 13.9. The molecule has 1 heterocycles. The highest BCUT2D eigenvalue weighted by atomic mass is 127. The van der Waals surface area contributed by atoms with E-state index in [4.69, 9.17) is 4.74 Å². The molecule has 6 rings (SSSR count). The number of carbonyl (C=O) groups is 4. The number of halogens is 2. The van der Waals surface area contributed by atoms with Gasteiger partial charge in [0.25, 0.3) is 0 Å². The minimum Gasteiger partial charge on any atom is -0.504 e. The maximum atomic E-state index is 13.9. The number of nitrogens with zero attached hydrogens (tertiary/aromatic N) is 1. The summed E-state index contributed by atoms with van der Waals surface area (Å²) in [6, 6.07) is 12.3. The molecule has 9 heteroatoms. The van der Waals surface area contributed by atoms with Gasteiger partial charge < -0.3 is 9.84 Å². The van der Waals surface area contributed by atoms with E-state index in [1.54, 1.807) is 36.4 Å². The van der Waals surface area contributed by atoms with Crippen LogP contribution in [-0.2, 0) is 19.2 Å². The number of Topliss-reactive ketones (excluding diaryl/α,β-unsaturated/α-hetero) is 1. The molecule has 2 amide bonds. The largest absolute Gasteiger partial charge is 0.504 e. The SMILES string of the molecule is COc1cc(C2C3=CCC4C(=O)N(c5ccccc5)C(=O)C4C3CC3=C2C(=O)C=C(Br)C3=O)cc(I)c1O. The number of hydrogen-bond donors (Lipinski definition) is 1. The normalized spacial score (nSPS) is 26.6. The number of phenolic OH excluding ortho intramolecular Hbond substituents is 1. The van der Waals surface area contributed by atoms with E-state index >= 15 is 0 Å². The summed E-state index contributed by atoms with van der Waals surface area (Å²) in [6.45, 7) is 0. The Hall–Kier alpha value is -3.05. The number of aromatic hydroxyl groups is 1. The monoisotopic (exact) mass is 685 g/mol. The Morgan fingerprint density at radius 1 is 1.05 bits per heavy atom. The van der Waals surface area contributed by atoms with Gasteiger partial charge in [-0.2, -0.15) is 0 Å². The van der Waals surface area contributed by atoms with Crippen LogP contribution in [0, 0.1) is 21.3 Å². The molecule has 2 aromatic carbocycles. The summed E-state index contributed by atoms with van der Waals surface area (Å²) in [6.07, 6.45) is 3.82. The van der Waals surface area contributed by atoms with Crippen LogP contribution in [-0.4, -0.2) is 35.6 Å². The van der Waals surface area contributed by atoms with Crippen molar-refractivity contribution in [2.24, 2.45) is 17.8 Å². The van der Waals surface area contributed by atoms with Gasteiger partial charge in [0.1, 0.15) is 0 Å². The number of phenols is 1. The first-order valence-electron chi connectivity index (χ1n) is 12.1. The molecule has 1 saturated heterocycles. The van der Waals surface area contributed by atoms with E-state index < -0.39 is 23.7 Å². The number of fused-ring (bicyclic) bond motifs is 3. The van der Waals surface area contributed by atoms with Crippen molar-refractivity contribution in [1.29, 1.82) is 0 Å². The molecule has 7 nitrogen and oxygen atoms in total. The van der Waals surface area contributed by atoms with Crippen LogP contribution in [0.2, 0.25) is 0 Å². The molecule has 1 aliphatic heterocycles. The van der Waals surface area contributed by atoms with Crippen molar-refractivity contribution in [3.63, 3.8) is 0 Å². The number of para-hydroxylation sites is 1. The van der Waals surface area contributed by atoms with E-state index in [0.717, 1.165) is 5.57 Å². The van der Waals surface area contributed by atoms with Gasteiger partial charge in [-0.25, -0.2) is 0 Å². The minimum atomic E-state index is -0.648. The van der Waals surface area contributed by atoms with Gasteiger partial charge in [0, 0.05) is 23.1 Å². The van der Waals surface area contributed by atoms with Crippen LogP contribution in [0.3, 0.4) is 0 Å². The minimum absolute atomic E-state index is 0.0140. The highest BCUT2D eigenvalue weighted by Gasteiger charge is 2.56. The van der Waals surface area contributed by atoms with Gasteiger partial charge in [0.15, 0.2) is 23.1 Å². The van der Waals surface area contributed by atoms with Gasteiger partial charge in [-0.1, -0.05) is 29.8 Å². The van der Waals surface area contributed by atoms with Crippen molar-refractivity contribution in [2.45, 2.75) is 18.8 Å². The first-order chi connectivity index (χ1) is 18.2. The predicted octanol–water partition coefficient (Wildman–Crippen LogP) is 4.97. The van der Waals surface area contributed by atoms with Crippen molar-refractivity contribution < 1.29 is 29.0 Å².